The summed E-state index contributed by atoms with van der Waals surface area (Å²) < 4.78 is 10.7. The maximum atomic E-state index is 12.9. The van der Waals surface area contributed by atoms with Crippen molar-refractivity contribution in [2.75, 3.05) is 38.8 Å². The first kappa shape index (κ1) is 24.8. The highest BCUT2D eigenvalue weighted by Crippen LogP contribution is 2.27. The average molecular weight is 538 g/mol. The smallest absolute Gasteiger partial charge is 0.246 e. The number of nitrogens with zero attached hydrogens (tertiary/aromatic N) is 2. The predicted molar refractivity (Wildman–Crippen MR) is 135 cm³/mol. The van der Waals surface area contributed by atoms with Crippen LogP contribution in [0.25, 0.3) is 0 Å². The molecule has 1 aliphatic rings. The van der Waals surface area contributed by atoms with Crippen molar-refractivity contribution >= 4 is 41.5 Å². The number of nitrogens with one attached hydrogen (secondary N) is 2. The molecule has 0 saturated heterocycles. The summed E-state index contributed by atoms with van der Waals surface area (Å²) in [5, 5.41) is 6.35. The fraction of sp³-hybridized carbons (Fsp3) is 0.391. The van der Waals surface area contributed by atoms with Crippen LogP contribution < -0.4 is 25.0 Å². The number of halogens is 1. The normalized spacial score (nSPS) is 13.0. The second kappa shape index (κ2) is 12.4. The Bertz CT molecular complexity index is 904. The summed E-state index contributed by atoms with van der Waals surface area (Å²) in [6.45, 7) is 4.04. The van der Waals surface area contributed by atoms with Gasteiger partial charge in [0.2, 0.25) is 5.91 Å². The summed E-state index contributed by atoms with van der Waals surface area (Å²) in [4.78, 5) is 19.3. The van der Waals surface area contributed by atoms with E-state index in [1.54, 1.807) is 14.2 Å². The van der Waals surface area contributed by atoms with E-state index >= 15 is 0 Å². The molecule has 3 rings (SSSR count). The van der Waals surface area contributed by atoms with Crippen molar-refractivity contribution < 1.29 is 14.3 Å². The van der Waals surface area contributed by atoms with E-state index in [2.05, 4.69) is 21.7 Å². The molecule has 0 bridgehead atoms. The topological polar surface area (TPSA) is 75.2 Å². The molecule has 2 aromatic rings. The summed E-state index contributed by atoms with van der Waals surface area (Å²) in [6, 6.07) is 13.8. The number of rotatable bonds is 7. The van der Waals surface area contributed by atoms with Gasteiger partial charge in [-0.05, 0) is 43.5 Å². The second-order valence-corrected chi connectivity index (χ2v) is 7.00. The first-order valence-electron chi connectivity index (χ1n) is 10.3. The fourth-order valence-electron chi connectivity index (χ4n) is 3.54. The zero-order chi connectivity index (χ0) is 21.3. The van der Waals surface area contributed by atoms with E-state index in [0.29, 0.717) is 19.0 Å². The molecule has 31 heavy (non-hydrogen) atoms. The van der Waals surface area contributed by atoms with E-state index in [1.807, 2.05) is 48.2 Å². The average Bonchev–Trinajstić information content (AvgIpc) is 2.80. The Kier molecular flexibility index (Phi) is 9.90. The lowest BCUT2D eigenvalue weighted by molar-refractivity contribution is -0.117. The van der Waals surface area contributed by atoms with Crippen LogP contribution in [0.2, 0.25) is 0 Å². The van der Waals surface area contributed by atoms with Crippen molar-refractivity contribution in [3.05, 3.63) is 53.6 Å². The number of fused-ring (bicyclic) bond motifs is 1. The maximum absolute atomic E-state index is 12.9. The minimum absolute atomic E-state index is 0. The van der Waals surface area contributed by atoms with E-state index in [0.717, 1.165) is 42.1 Å². The highest BCUT2D eigenvalue weighted by atomic mass is 127. The van der Waals surface area contributed by atoms with Crippen LogP contribution in [0.3, 0.4) is 0 Å². The van der Waals surface area contributed by atoms with Gasteiger partial charge < -0.3 is 25.0 Å². The Morgan fingerprint density at radius 2 is 1.94 bits per heavy atom. The second-order valence-electron chi connectivity index (χ2n) is 7.00. The summed E-state index contributed by atoms with van der Waals surface area (Å²) in [5.74, 6) is 2.08. The van der Waals surface area contributed by atoms with Gasteiger partial charge in [0.25, 0.3) is 0 Å². The van der Waals surface area contributed by atoms with Crippen molar-refractivity contribution in [2.24, 2.45) is 4.99 Å². The Morgan fingerprint density at radius 1 is 1.13 bits per heavy atom. The van der Waals surface area contributed by atoms with Crippen LogP contribution in [0.5, 0.6) is 11.5 Å². The minimum Gasteiger partial charge on any atom is -0.497 e. The van der Waals surface area contributed by atoms with Crippen LogP contribution in [0.4, 0.5) is 5.69 Å². The molecule has 0 saturated carbocycles. The largest absolute Gasteiger partial charge is 0.497 e. The van der Waals surface area contributed by atoms with E-state index < -0.39 is 0 Å². The number of carbonyl (C=O) groups is 1. The van der Waals surface area contributed by atoms with Gasteiger partial charge in [0.05, 0.1) is 27.3 Å². The number of guanidine groups is 1. The van der Waals surface area contributed by atoms with Crippen molar-refractivity contribution in [1.82, 2.24) is 10.6 Å². The van der Waals surface area contributed by atoms with Crippen molar-refractivity contribution in [2.45, 2.75) is 26.3 Å². The Balaban J connectivity index is 0.00000341. The molecule has 0 atom stereocenters. The number of anilines is 1. The number of amides is 1. The minimum atomic E-state index is 0. The van der Waals surface area contributed by atoms with Crippen LogP contribution in [-0.2, 0) is 17.8 Å². The van der Waals surface area contributed by atoms with Crippen molar-refractivity contribution in [1.29, 1.82) is 0 Å². The highest BCUT2D eigenvalue weighted by Gasteiger charge is 2.22. The molecule has 0 fully saturated rings. The van der Waals surface area contributed by atoms with Gasteiger partial charge in [-0.2, -0.15) is 0 Å². The maximum Gasteiger partial charge on any atom is 0.246 e. The SMILES string of the molecule is CCNC(=NCc1ccc(OC)cc1OC)NCC(=O)N1CCCc2ccccc21.I. The van der Waals surface area contributed by atoms with Crippen molar-refractivity contribution in [3.8, 4) is 11.5 Å². The van der Waals surface area contributed by atoms with Gasteiger partial charge in [-0.25, -0.2) is 4.99 Å². The summed E-state index contributed by atoms with van der Waals surface area (Å²) >= 11 is 0. The highest BCUT2D eigenvalue weighted by molar-refractivity contribution is 14.0. The lowest BCUT2D eigenvalue weighted by atomic mass is 10.0. The Hall–Kier alpha value is -2.49. The molecule has 0 aromatic heterocycles. The van der Waals surface area contributed by atoms with Crippen LogP contribution in [0, 0.1) is 0 Å². The van der Waals surface area contributed by atoms with Crippen LogP contribution in [0.15, 0.2) is 47.5 Å². The third-order valence-corrected chi connectivity index (χ3v) is 5.06. The molecule has 0 radical (unpaired) electrons. The number of hydrogen-bond acceptors (Lipinski definition) is 4. The molecule has 0 aliphatic carbocycles. The summed E-state index contributed by atoms with van der Waals surface area (Å²) in [7, 11) is 3.25. The lowest BCUT2D eigenvalue weighted by Crippen LogP contribution is -2.46. The zero-order valence-corrected chi connectivity index (χ0v) is 20.6. The van der Waals surface area contributed by atoms with Gasteiger partial charge >= 0.3 is 0 Å². The molecule has 1 amide bonds. The fourth-order valence-corrected chi connectivity index (χ4v) is 3.54. The summed E-state index contributed by atoms with van der Waals surface area (Å²) in [5.41, 5.74) is 3.18. The van der Waals surface area contributed by atoms with Crippen LogP contribution in [-0.4, -0.2) is 45.7 Å². The van der Waals surface area contributed by atoms with Crippen LogP contribution >= 0.6 is 24.0 Å². The lowest BCUT2D eigenvalue weighted by Gasteiger charge is -2.29. The molecular weight excluding hydrogens is 507 g/mol. The molecule has 8 heteroatoms. The van der Waals surface area contributed by atoms with E-state index in [-0.39, 0.29) is 36.4 Å². The number of aliphatic imine (C=N–C) groups is 1. The van der Waals surface area contributed by atoms with Gasteiger partial charge in [0, 0.05) is 30.4 Å². The van der Waals surface area contributed by atoms with Gasteiger partial charge in [-0.1, -0.05) is 18.2 Å². The van der Waals surface area contributed by atoms with Crippen LogP contribution in [0.1, 0.15) is 24.5 Å². The number of ether oxygens (including phenoxy) is 2. The zero-order valence-electron chi connectivity index (χ0n) is 18.3. The molecule has 0 unspecified atom stereocenters. The number of methoxy groups -OCH3 is 2. The third kappa shape index (κ3) is 6.49. The number of carbonyl (C=O) groups excluding carboxylic acids is 1. The van der Waals surface area contributed by atoms with E-state index in [1.165, 1.54) is 5.56 Å². The Labute approximate surface area is 201 Å². The van der Waals surface area contributed by atoms with Gasteiger partial charge in [0.15, 0.2) is 5.96 Å². The first-order valence-corrected chi connectivity index (χ1v) is 10.3. The van der Waals surface area contributed by atoms with Gasteiger partial charge in [-0.3, -0.25) is 4.79 Å². The summed E-state index contributed by atoms with van der Waals surface area (Å²) in [6.07, 6.45) is 2.00. The molecule has 2 N–H and O–H groups in total. The van der Waals surface area contributed by atoms with Crippen molar-refractivity contribution in [3.63, 3.8) is 0 Å². The van der Waals surface area contributed by atoms with Gasteiger partial charge in [0.1, 0.15) is 11.5 Å². The predicted octanol–water partition coefficient (Wildman–Crippen LogP) is 3.36. The number of aryl methyl sites for hydroxylation is 1. The standard InChI is InChI=1S/C23H30N4O3.HI/c1-4-24-23(25-15-18-11-12-19(29-2)14-21(18)30-3)26-16-22(28)27-13-7-9-17-8-5-6-10-20(17)27;/h5-6,8,10-12,14H,4,7,9,13,15-16H2,1-3H3,(H2,24,25,26);1H. The van der Waals surface area contributed by atoms with E-state index in [9.17, 15) is 4.79 Å². The third-order valence-electron chi connectivity index (χ3n) is 5.06. The molecule has 0 spiro atoms. The molecule has 168 valence electrons. The van der Waals surface area contributed by atoms with E-state index in [4.69, 9.17) is 9.47 Å². The number of benzene rings is 2. The molecular formula is C23H31IN4O3. The molecule has 1 aliphatic heterocycles. The number of hydrogen-bond donors (Lipinski definition) is 2. The Morgan fingerprint density at radius 3 is 2.68 bits per heavy atom. The molecule has 1 heterocycles. The first-order chi connectivity index (χ1) is 14.7. The quantitative estimate of drug-likeness (QED) is 0.322. The monoisotopic (exact) mass is 538 g/mol. The molecule has 2 aromatic carbocycles. The van der Waals surface area contributed by atoms with Gasteiger partial charge in [-0.15, -0.1) is 24.0 Å². The molecule has 7 nitrogen and oxygen atoms in total. The number of para-hydroxylation sites is 1.